The van der Waals surface area contributed by atoms with Crippen LogP contribution in [0.1, 0.15) is 19.3 Å². The van der Waals surface area contributed by atoms with E-state index in [-0.39, 0.29) is 56.4 Å². The third-order valence-electron chi connectivity index (χ3n) is 4.92. The summed E-state index contributed by atoms with van der Waals surface area (Å²) in [6.45, 7) is 0.330. The number of nitrogens with zero attached hydrogens (tertiary/aromatic N) is 2. The minimum Gasteiger partial charge on any atom is -0.479 e. The molecule has 7 nitrogen and oxygen atoms in total. The minimum atomic E-state index is -1.80. The first-order valence-corrected chi connectivity index (χ1v) is 8.11. The van der Waals surface area contributed by atoms with Gasteiger partial charge >= 0.3 is 5.97 Å². The molecule has 0 aliphatic carbocycles. The summed E-state index contributed by atoms with van der Waals surface area (Å²) in [5, 5.41) is 19.0. The Morgan fingerprint density at radius 2 is 1.84 bits per heavy atom. The maximum Gasteiger partial charge on any atom is 0.335 e. The van der Waals surface area contributed by atoms with Crippen molar-refractivity contribution in [3.8, 4) is 0 Å². The maximum absolute atomic E-state index is 13.9. The lowest BCUT2D eigenvalue weighted by Crippen LogP contribution is -2.52. The number of para-hydroxylation sites is 1. The molecule has 25 heavy (non-hydrogen) atoms. The Kier molecular flexibility index (Phi) is 4.47. The van der Waals surface area contributed by atoms with Gasteiger partial charge in [0.1, 0.15) is 5.82 Å². The van der Waals surface area contributed by atoms with Gasteiger partial charge in [-0.2, -0.15) is 0 Å². The fourth-order valence-electron chi connectivity index (χ4n) is 3.35. The van der Waals surface area contributed by atoms with Gasteiger partial charge < -0.3 is 20.0 Å². The summed E-state index contributed by atoms with van der Waals surface area (Å²) in [7, 11) is 0. The number of hydrogen-bond donors (Lipinski definition) is 2. The van der Waals surface area contributed by atoms with Crippen LogP contribution in [0.3, 0.4) is 0 Å². The summed E-state index contributed by atoms with van der Waals surface area (Å²) in [6, 6.07) is 5.90. The Hall–Kier alpha value is -2.48. The van der Waals surface area contributed by atoms with Crippen LogP contribution in [0, 0.1) is 11.7 Å². The third-order valence-corrected chi connectivity index (χ3v) is 4.92. The normalized spacial score (nSPS) is 23.0. The summed E-state index contributed by atoms with van der Waals surface area (Å²) >= 11 is 0. The van der Waals surface area contributed by atoms with E-state index in [1.54, 1.807) is 6.07 Å². The molecule has 1 unspecified atom stereocenters. The van der Waals surface area contributed by atoms with Gasteiger partial charge in [0, 0.05) is 38.9 Å². The lowest BCUT2D eigenvalue weighted by atomic mass is 9.91. The number of anilines is 1. The Labute approximate surface area is 143 Å². The van der Waals surface area contributed by atoms with E-state index in [2.05, 4.69) is 0 Å². The van der Waals surface area contributed by atoms with Crippen molar-refractivity contribution in [1.82, 2.24) is 4.90 Å². The minimum absolute atomic E-state index is 0.00708. The van der Waals surface area contributed by atoms with Crippen LogP contribution in [0.15, 0.2) is 24.3 Å². The molecule has 2 aliphatic rings. The van der Waals surface area contributed by atoms with Crippen LogP contribution < -0.4 is 4.90 Å². The van der Waals surface area contributed by atoms with Crippen LogP contribution in [-0.2, 0) is 14.4 Å². The van der Waals surface area contributed by atoms with Crippen LogP contribution in [0.4, 0.5) is 10.1 Å². The maximum atomic E-state index is 13.9. The quantitative estimate of drug-likeness (QED) is 0.833. The van der Waals surface area contributed by atoms with Crippen molar-refractivity contribution < 1.29 is 29.0 Å². The highest BCUT2D eigenvalue weighted by molar-refractivity contribution is 6.00. The molecule has 0 aromatic heterocycles. The number of hydrogen-bond acceptors (Lipinski definition) is 4. The molecule has 8 heteroatoms. The van der Waals surface area contributed by atoms with Crippen molar-refractivity contribution in [2.45, 2.75) is 24.9 Å². The largest absolute Gasteiger partial charge is 0.479 e. The number of carbonyl (C=O) groups is 3. The first-order valence-electron chi connectivity index (χ1n) is 8.11. The predicted octanol–water partition coefficient (Wildman–Crippen LogP) is 0.617. The molecule has 0 radical (unpaired) electrons. The van der Waals surface area contributed by atoms with Crippen LogP contribution in [0.5, 0.6) is 0 Å². The average molecular weight is 350 g/mol. The Morgan fingerprint density at radius 1 is 1.20 bits per heavy atom. The Morgan fingerprint density at radius 3 is 2.44 bits per heavy atom. The van der Waals surface area contributed by atoms with Gasteiger partial charge in [-0.1, -0.05) is 12.1 Å². The van der Waals surface area contributed by atoms with Crippen molar-refractivity contribution in [2.24, 2.45) is 5.92 Å². The summed E-state index contributed by atoms with van der Waals surface area (Å²) in [5.74, 6) is -2.99. The molecule has 2 amide bonds. The topological polar surface area (TPSA) is 98.2 Å². The number of piperidine rings is 1. The average Bonchev–Trinajstić information content (AvgIpc) is 2.97. The second-order valence-electron chi connectivity index (χ2n) is 6.52. The molecular formula is C17H19FN2O5. The number of rotatable bonds is 3. The number of halogens is 1. The molecule has 1 aromatic rings. The molecule has 1 aromatic carbocycles. The molecule has 134 valence electrons. The van der Waals surface area contributed by atoms with Crippen molar-refractivity contribution in [2.75, 3.05) is 24.5 Å². The van der Waals surface area contributed by atoms with E-state index < -0.39 is 23.3 Å². The number of carboxylic acids is 1. The van der Waals surface area contributed by atoms with Gasteiger partial charge in [-0.3, -0.25) is 9.59 Å². The zero-order valence-electron chi connectivity index (χ0n) is 13.5. The molecule has 2 N–H and O–H groups in total. The number of carbonyl (C=O) groups excluding carboxylic acids is 2. The first kappa shape index (κ1) is 17.3. The van der Waals surface area contributed by atoms with E-state index in [4.69, 9.17) is 5.11 Å². The van der Waals surface area contributed by atoms with Gasteiger partial charge in [0.05, 0.1) is 11.6 Å². The fourth-order valence-corrected chi connectivity index (χ4v) is 3.35. The number of aliphatic hydroxyl groups is 1. The van der Waals surface area contributed by atoms with Gasteiger partial charge in [0.25, 0.3) is 0 Å². The summed E-state index contributed by atoms with van der Waals surface area (Å²) in [5.41, 5.74) is -1.65. The molecule has 0 saturated carbocycles. The second-order valence-corrected chi connectivity index (χ2v) is 6.52. The number of amides is 2. The van der Waals surface area contributed by atoms with Crippen LogP contribution in [-0.4, -0.2) is 58.1 Å². The van der Waals surface area contributed by atoms with Gasteiger partial charge in [-0.25, -0.2) is 9.18 Å². The highest BCUT2D eigenvalue weighted by Crippen LogP contribution is 2.30. The van der Waals surface area contributed by atoms with Crippen LogP contribution >= 0.6 is 0 Å². The van der Waals surface area contributed by atoms with Crippen molar-refractivity contribution in [1.29, 1.82) is 0 Å². The Balaban J connectivity index is 1.66. The van der Waals surface area contributed by atoms with E-state index >= 15 is 0 Å². The predicted molar refractivity (Wildman–Crippen MR) is 85.3 cm³/mol. The SMILES string of the molecule is O=C(C1CC(=O)N(c2ccccc2F)C1)N1CCC(O)(C(=O)O)CC1. The van der Waals surface area contributed by atoms with Gasteiger partial charge in [0.2, 0.25) is 11.8 Å². The zero-order chi connectivity index (χ0) is 18.2. The number of benzene rings is 1. The second kappa shape index (κ2) is 6.44. The van der Waals surface area contributed by atoms with Crippen LogP contribution in [0.2, 0.25) is 0 Å². The lowest BCUT2D eigenvalue weighted by molar-refractivity contribution is -0.165. The van der Waals surface area contributed by atoms with Crippen molar-refractivity contribution in [3.05, 3.63) is 30.1 Å². The molecule has 1 atom stereocenters. The number of carboxylic acid groups (broad SMARTS) is 1. The van der Waals surface area contributed by atoms with E-state index in [9.17, 15) is 23.9 Å². The zero-order valence-corrected chi connectivity index (χ0v) is 13.5. The molecule has 2 heterocycles. The monoisotopic (exact) mass is 350 g/mol. The highest BCUT2D eigenvalue weighted by Gasteiger charge is 2.43. The molecule has 2 saturated heterocycles. The standard InChI is InChI=1S/C17H19FN2O5/c18-12-3-1-2-4-13(12)20-10-11(9-14(20)21)15(22)19-7-5-17(25,6-8-19)16(23)24/h1-4,11,25H,5-10H2,(H,23,24). The van der Waals surface area contributed by atoms with Gasteiger partial charge in [-0.05, 0) is 12.1 Å². The summed E-state index contributed by atoms with van der Waals surface area (Å²) in [6.07, 6.45) is -0.107. The van der Waals surface area contributed by atoms with E-state index in [1.165, 1.54) is 28.0 Å². The van der Waals surface area contributed by atoms with Gasteiger partial charge in [-0.15, -0.1) is 0 Å². The first-order chi connectivity index (χ1) is 11.8. The summed E-state index contributed by atoms with van der Waals surface area (Å²) < 4.78 is 13.9. The number of aliphatic carboxylic acids is 1. The lowest BCUT2D eigenvalue weighted by Gasteiger charge is -2.36. The molecule has 2 aliphatic heterocycles. The van der Waals surface area contributed by atoms with Crippen molar-refractivity contribution >= 4 is 23.5 Å². The Bertz CT molecular complexity index is 715. The molecular weight excluding hydrogens is 331 g/mol. The van der Waals surface area contributed by atoms with Crippen molar-refractivity contribution in [3.63, 3.8) is 0 Å². The molecule has 0 bridgehead atoms. The van der Waals surface area contributed by atoms with E-state index in [0.29, 0.717) is 0 Å². The third kappa shape index (κ3) is 3.21. The smallest absolute Gasteiger partial charge is 0.335 e. The van der Waals surface area contributed by atoms with Crippen LogP contribution in [0.25, 0.3) is 0 Å². The van der Waals surface area contributed by atoms with Gasteiger partial charge in [0.15, 0.2) is 5.60 Å². The highest BCUT2D eigenvalue weighted by atomic mass is 19.1. The number of likely N-dealkylation sites (tertiary alicyclic amines) is 1. The van der Waals surface area contributed by atoms with E-state index in [1.807, 2.05) is 0 Å². The molecule has 2 fully saturated rings. The molecule has 3 rings (SSSR count). The van der Waals surface area contributed by atoms with E-state index in [0.717, 1.165) is 0 Å². The summed E-state index contributed by atoms with van der Waals surface area (Å²) in [4.78, 5) is 38.6. The fraction of sp³-hybridized carbons (Fsp3) is 0.471. The molecule has 0 spiro atoms.